The molecule has 160 valence electrons. The standard InChI is InChI=1S/C24H27F2NO3/c1-14(2)13-27-23(18-7-6-17(28)11-16(18)12-24(27,3)4)22-19(25)9-15(10-20(22)26)5-8-21(29)30/h5-11,14,23,28H,12-13H2,1-4H3,(H,29,30)/b8-5+/t23-/m0/s1. The fourth-order valence-electron chi connectivity index (χ4n) is 4.28. The Balaban J connectivity index is 2.21. The zero-order valence-electron chi connectivity index (χ0n) is 17.6. The van der Waals surface area contributed by atoms with Gasteiger partial charge in [0.2, 0.25) is 0 Å². The summed E-state index contributed by atoms with van der Waals surface area (Å²) in [6.07, 6.45) is 2.66. The number of aliphatic carboxylic acids is 1. The van der Waals surface area contributed by atoms with Gasteiger partial charge in [-0.25, -0.2) is 13.6 Å². The highest BCUT2D eigenvalue weighted by atomic mass is 19.1. The molecule has 1 atom stereocenters. The number of halogens is 2. The monoisotopic (exact) mass is 415 g/mol. The molecule has 0 radical (unpaired) electrons. The van der Waals surface area contributed by atoms with Crippen LogP contribution in [0.25, 0.3) is 6.08 Å². The van der Waals surface area contributed by atoms with Gasteiger partial charge in [-0.15, -0.1) is 0 Å². The molecular formula is C24H27F2NO3. The molecule has 6 heteroatoms. The second-order valence-corrected chi connectivity index (χ2v) is 8.89. The number of carboxylic acid groups (broad SMARTS) is 1. The first-order chi connectivity index (χ1) is 14.0. The number of carbonyl (C=O) groups is 1. The van der Waals surface area contributed by atoms with Gasteiger partial charge in [-0.1, -0.05) is 19.9 Å². The molecule has 0 amide bonds. The first kappa shape index (κ1) is 22.0. The molecule has 0 fully saturated rings. The van der Waals surface area contributed by atoms with Crippen LogP contribution >= 0.6 is 0 Å². The van der Waals surface area contributed by atoms with Gasteiger partial charge in [0.1, 0.15) is 17.4 Å². The zero-order chi connectivity index (χ0) is 22.2. The SMILES string of the molecule is CC(C)CN1[C@H](c2c(F)cc(/C=C/C(=O)O)cc2F)c2ccc(O)cc2CC1(C)C. The summed E-state index contributed by atoms with van der Waals surface area (Å²) in [7, 11) is 0. The maximum absolute atomic E-state index is 15.3. The van der Waals surface area contributed by atoms with E-state index in [2.05, 4.69) is 18.7 Å². The summed E-state index contributed by atoms with van der Waals surface area (Å²) in [5.74, 6) is -2.25. The number of phenols is 1. The van der Waals surface area contributed by atoms with E-state index < -0.39 is 29.2 Å². The Bertz CT molecular complexity index is 975. The summed E-state index contributed by atoms with van der Waals surface area (Å²) >= 11 is 0. The number of hydrogen-bond acceptors (Lipinski definition) is 3. The molecule has 0 spiro atoms. The van der Waals surface area contributed by atoms with E-state index in [1.54, 1.807) is 12.1 Å². The molecular weight excluding hydrogens is 388 g/mol. The largest absolute Gasteiger partial charge is 0.508 e. The van der Waals surface area contributed by atoms with Crippen molar-refractivity contribution in [3.8, 4) is 5.75 Å². The van der Waals surface area contributed by atoms with Crippen LogP contribution in [0.3, 0.4) is 0 Å². The summed E-state index contributed by atoms with van der Waals surface area (Å²) in [5.41, 5.74) is 1.31. The summed E-state index contributed by atoms with van der Waals surface area (Å²) in [6, 6.07) is 6.59. The van der Waals surface area contributed by atoms with Gasteiger partial charge < -0.3 is 10.2 Å². The van der Waals surface area contributed by atoms with Crippen LogP contribution in [0.4, 0.5) is 8.78 Å². The van der Waals surface area contributed by atoms with E-state index in [-0.39, 0.29) is 22.8 Å². The third-order valence-corrected chi connectivity index (χ3v) is 5.49. The molecule has 0 bridgehead atoms. The molecule has 1 aliphatic heterocycles. The fourth-order valence-corrected chi connectivity index (χ4v) is 4.28. The minimum atomic E-state index is -1.19. The molecule has 3 rings (SSSR count). The van der Waals surface area contributed by atoms with Gasteiger partial charge in [0.05, 0.1) is 6.04 Å². The van der Waals surface area contributed by atoms with E-state index in [0.717, 1.165) is 29.3 Å². The van der Waals surface area contributed by atoms with Crippen molar-refractivity contribution in [2.75, 3.05) is 6.54 Å². The van der Waals surface area contributed by atoms with Gasteiger partial charge in [-0.2, -0.15) is 0 Å². The first-order valence-electron chi connectivity index (χ1n) is 9.98. The first-order valence-corrected chi connectivity index (χ1v) is 9.98. The lowest BCUT2D eigenvalue weighted by Gasteiger charge is -2.49. The Morgan fingerprint density at radius 3 is 2.43 bits per heavy atom. The van der Waals surface area contributed by atoms with Crippen LogP contribution in [-0.4, -0.2) is 33.2 Å². The summed E-state index contributed by atoms with van der Waals surface area (Å²) in [4.78, 5) is 12.9. The number of hydrogen-bond donors (Lipinski definition) is 2. The van der Waals surface area contributed by atoms with Crippen LogP contribution in [0, 0.1) is 17.6 Å². The lowest BCUT2D eigenvalue weighted by molar-refractivity contribution is -0.131. The minimum absolute atomic E-state index is 0.0668. The molecule has 30 heavy (non-hydrogen) atoms. The molecule has 2 N–H and O–H groups in total. The quantitative estimate of drug-likeness (QED) is 0.663. The molecule has 1 aliphatic rings. The topological polar surface area (TPSA) is 60.8 Å². The van der Waals surface area contributed by atoms with E-state index in [0.29, 0.717) is 13.0 Å². The van der Waals surface area contributed by atoms with Crippen molar-refractivity contribution in [2.45, 2.75) is 45.7 Å². The smallest absolute Gasteiger partial charge is 0.328 e. The van der Waals surface area contributed by atoms with Gasteiger partial charge in [0.25, 0.3) is 0 Å². The highest BCUT2D eigenvalue weighted by molar-refractivity contribution is 5.85. The maximum Gasteiger partial charge on any atom is 0.328 e. The van der Waals surface area contributed by atoms with Crippen LogP contribution in [0.15, 0.2) is 36.4 Å². The van der Waals surface area contributed by atoms with Gasteiger partial charge in [0.15, 0.2) is 0 Å². The summed E-state index contributed by atoms with van der Waals surface area (Å²) in [6.45, 7) is 8.83. The number of fused-ring (bicyclic) bond motifs is 1. The van der Waals surface area contributed by atoms with Crippen molar-refractivity contribution in [3.05, 3.63) is 70.3 Å². The second-order valence-electron chi connectivity index (χ2n) is 8.89. The van der Waals surface area contributed by atoms with Crippen molar-refractivity contribution >= 4 is 12.0 Å². The maximum atomic E-state index is 15.3. The predicted octanol–water partition coefficient (Wildman–Crippen LogP) is 5.15. The average Bonchev–Trinajstić information content (AvgIpc) is 2.61. The third-order valence-electron chi connectivity index (χ3n) is 5.49. The highest BCUT2D eigenvalue weighted by Gasteiger charge is 2.42. The lowest BCUT2D eigenvalue weighted by atomic mass is 9.78. The summed E-state index contributed by atoms with van der Waals surface area (Å²) < 4.78 is 30.5. The zero-order valence-corrected chi connectivity index (χ0v) is 17.6. The molecule has 0 aromatic heterocycles. The fraction of sp³-hybridized carbons (Fsp3) is 0.375. The summed E-state index contributed by atoms with van der Waals surface area (Å²) in [5, 5.41) is 18.7. The molecule has 0 unspecified atom stereocenters. The van der Waals surface area contributed by atoms with E-state index in [1.807, 2.05) is 13.8 Å². The van der Waals surface area contributed by atoms with E-state index >= 15 is 8.78 Å². The van der Waals surface area contributed by atoms with Crippen LogP contribution in [-0.2, 0) is 11.2 Å². The molecule has 4 nitrogen and oxygen atoms in total. The molecule has 2 aromatic rings. The third kappa shape index (κ3) is 4.38. The van der Waals surface area contributed by atoms with Gasteiger partial charge in [-0.05, 0) is 73.2 Å². The van der Waals surface area contributed by atoms with E-state index in [1.165, 1.54) is 12.1 Å². The molecule has 0 aliphatic carbocycles. The van der Waals surface area contributed by atoms with Crippen LogP contribution < -0.4 is 0 Å². The number of benzene rings is 2. The molecule has 0 saturated heterocycles. The number of carboxylic acids is 1. The Hall–Kier alpha value is -2.73. The van der Waals surface area contributed by atoms with E-state index in [9.17, 15) is 9.90 Å². The Morgan fingerprint density at radius 2 is 1.87 bits per heavy atom. The molecule has 2 aromatic carbocycles. The molecule has 0 saturated carbocycles. The number of phenolic OH excluding ortho intramolecular Hbond substituents is 1. The van der Waals surface area contributed by atoms with Crippen LogP contribution in [0.1, 0.15) is 56.0 Å². The second kappa shape index (κ2) is 8.19. The number of aromatic hydroxyl groups is 1. The Morgan fingerprint density at radius 1 is 1.23 bits per heavy atom. The van der Waals surface area contributed by atoms with Crippen molar-refractivity contribution in [3.63, 3.8) is 0 Å². The Kier molecular flexibility index (Phi) is 5.99. The predicted molar refractivity (Wildman–Crippen MR) is 112 cm³/mol. The van der Waals surface area contributed by atoms with Crippen molar-refractivity contribution < 1.29 is 23.8 Å². The lowest BCUT2D eigenvalue weighted by Crippen LogP contribution is -2.53. The molecule has 1 heterocycles. The number of rotatable bonds is 5. The van der Waals surface area contributed by atoms with Gasteiger partial charge in [-0.3, -0.25) is 4.90 Å². The average molecular weight is 415 g/mol. The van der Waals surface area contributed by atoms with Crippen molar-refractivity contribution in [2.24, 2.45) is 5.92 Å². The number of nitrogens with zero attached hydrogens (tertiary/aromatic N) is 1. The highest BCUT2D eigenvalue weighted by Crippen LogP contribution is 2.45. The van der Waals surface area contributed by atoms with E-state index in [4.69, 9.17) is 5.11 Å². The van der Waals surface area contributed by atoms with Crippen molar-refractivity contribution in [1.82, 2.24) is 4.90 Å². The van der Waals surface area contributed by atoms with Gasteiger partial charge in [0, 0.05) is 23.7 Å². The normalized spacial score (nSPS) is 18.7. The van der Waals surface area contributed by atoms with Crippen LogP contribution in [0.5, 0.6) is 5.75 Å². The van der Waals surface area contributed by atoms with Crippen LogP contribution in [0.2, 0.25) is 0 Å². The van der Waals surface area contributed by atoms with Crippen molar-refractivity contribution in [1.29, 1.82) is 0 Å². The van der Waals surface area contributed by atoms with Gasteiger partial charge >= 0.3 is 5.97 Å². The Labute approximate surface area is 175 Å². The minimum Gasteiger partial charge on any atom is -0.508 e.